The van der Waals surface area contributed by atoms with E-state index < -0.39 is 18.1 Å². The summed E-state index contributed by atoms with van der Waals surface area (Å²) in [6.45, 7) is 1.40. The minimum absolute atomic E-state index is 0.0210. The molecule has 0 spiro atoms. The zero-order chi connectivity index (χ0) is 14.6. The van der Waals surface area contributed by atoms with Crippen molar-refractivity contribution in [3.63, 3.8) is 0 Å². The zero-order valence-corrected chi connectivity index (χ0v) is 11.9. The van der Waals surface area contributed by atoms with Crippen LogP contribution in [0.25, 0.3) is 0 Å². The number of nitrogens with two attached hydrogens (primary N) is 1. The Morgan fingerprint density at radius 2 is 2.16 bits per heavy atom. The minimum atomic E-state index is -4.93. The van der Waals surface area contributed by atoms with Gasteiger partial charge in [-0.05, 0) is 29.5 Å². The van der Waals surface area contributed by atoms with Crippen molar-refractivity contribution in [1.29, 1.82) is 0 Å². The number of halogens is 4. The number of alkyl halides is 3. The van der Waals surface area contributed by atoms with Gasteiger partial charge < -0.3 is 15.2 Å². The highest BCUT2D eigenvalue weighted by Gasteiger charge is 2.35. The summed E-state index contributed by atoms with van der Waals surface area (Å²) in [4.78, 5) is 15.4. The molecule has 0 saturated carbocycles. The average Bonchev–Trinajstić information content (AvgIpc) is 2.30. The van der Waals surface area contributed by atoms with Gasteiger partial charge in [-0.25, -0.2) is 9.78 Å². The first kappa shape index (κ1) is 16.0. The Balaban J connectivity index is 3.36. The van der Waals surface area contributed by atoms with Gasteiger partial charge in [-0.1, -0.05) is 0 Å². The Labute approximate surface area is 120 Å². The normalized spacial score (nSPS) is 11.3. The number of aromatic nitrogens is 1. The Morgan fingerprint density at radius 1 is 1.53 bits per heavy atom. The van der Waals surface area contributed by atoms with Gasteiger partial charge in [0.05, 0.1) is 6.61 Å². The van der Waals surface area contributed by atoms with Gasteiger partial charge in [0.2, 0.25) is 0 Å². The molecule has 0 saturated heterocycles. The van der Waals surface area contributed by atoms with E-state index in [0.717, 1.165) is 0 Å². The lowest BCUT2D eigenvalue weighted by Crippen LogP contribution is -2.22. The van der Waals surface area contributed by atoms with Crippen LogP contribution in [-0.4, -0.2) is 23.9 Å². The van der Waals surface area contributed by atoms with Crippen LogP contribution in [0.15, 0.2) is 6.20 Å². The Kier molecular flexibility index (Phi) is 5.35. The monoisotopic (exact) mass is 390 g/mol. The number of rotatable bonds is 4. The molecule has 0 aliphatic heterocycles. The molecule has 0 atom stereocenters. The summed E-state index contributed by atoms with van der Waals surface area (Å²) in [6, 6.07) is 0. The van der Waals surface area contributed by atoms with E-state index in [2.05, 4.69) is 9.72 Å². The van der Waals surface area contributed by atoms with E-state index in [4.69, 9.17) is 10.5 Å². The van der Waals surface area contributed by atoms with Gasteiger partial charge in [-0.2, -0.15) is 0 Å². The Bertz CT molecular complexity index is 480. The van der Waals surface area contributed by atoms with Crippen LogP contribution in [0.5, 0.6) is 5.75 Å². The molecule has 0 radical (unpaired) electrons. The molecule has 0 bridgehead atoms. The Hall–Kier alpha value is -1.10. The number of hydrogen-bond donors (Lipinski definition) is 1. The van der Waals surface area contributed by atoms with Crippen LogP contribution in [0, 0.1) is 3.70 Å². The molecular formula is C10H10F3IN2O3. The fourth-order valence-corrected chi connectivity index (χ4v) is 1.82. The van der Waals surface area contributed by atoms with Crippen LogP contribution in [0.2, 0.25) is 0 Å². The standard InChI is InChI=1S/C10H10F3IN2O3/c1-2-18-9(17)6-5(3-15)4-16-8(14)7(6)19-10(11,12)13/h4H,2-3,15H2,1H3. The summed E-state index contributed by atoms with van der Waals surface area (Å²) >= 11 is 1.54. The van der Waals surface area contributed by atoms with Gasteiger partial charge in [-0.3, -0.25) is 0 Å². The molecule has 1 aromatic heterocycles. The first-order valence-corrected chi connectivity index (χ1v) is 6.18. The van der Waals surface area contributed by atoms with Crippen molar-refractivity contribution in [3.05, 3.63) is 21.0 Å². The Morgan fingerprint density at radius 3 is 2.63 bits per heavy atom. The lowest BCUT2D eigenvalue weighted by molar-refractivity contribution is -0.275. The van der Waals surface area contributed by atoms with E-state index in [1.54, 1.807) is 0 Å². The summed E-state index contributed by atoms with van der Waals surface area (Å²) in [6.07, 6.45) is -3.71. The van der Waals surface area contributed by atoms with Gasteiger partial charge in [0.25, 0.3) is 0 Å². The van der Waals surface area contributed by atoms with Crippen molar-refractivity contribution >= 4 is 28.6 Å². The average molecular weight is 390 g/mol. The largest absolute Gasteiger partial charge is 0.573 e. The summed E-state index contributed by atoms with van der Waals surface area (Å²) in [5.74, 6) is -1.61. The van der Waals surface area contributed by atoms with E-state index in [9.17, 15) is 18.0 Å². The summed E-state index contributed by atoms with van der Waals surface area (Å²) in [5, 5.41) is 0. The van der Waals surface area contributed by atoms with Crippen LogP contribution in [0.1, 0.15) is 22.8 Å². The third-order valence-corrected chi connectivity index (χ3v) is 2.75. The van der Waals surface area contributed by atoms with Gasteiger partial charge in [-0.15, -0.1) is 13.2 Å². The molecule has 1 rings (SSSR count). The lowest BCUT2D eigenvalue weighted by atomic mass is 10.1. The number of pyridine rings is 1. The highest BCUT2D eigenvalue weighted by molar-refractivity contribution is 14.1. The molecule has 5 nitrogen and oxygen atoms in total. The molecule has 1 aromatic rings. The van der Waals surface area contributed by atoms with Crippen molar-refractivity contribution in [2.75, 3.05) is 6.61 Å². The maximum Gasteiger partial charge on any atom is 0.573 e. The van der Waals surface area contributed by atoms with Crippen LogP contribution in [0.3, 0.4) is 0 Å². The highest BCUT2D eigenvalue weighted by Crippen LogP contribution is 2.32. The molecular weight excluding hydrogens is 380 g/mol. The van der Waals surface area contributed by atoms with Crippen molar-refractivity contribution in [1.82, 2.24) is 4.98 Å². The number of ether oxygens (including phenoxy) is 2. The third kappa shape index (κ3) is 4.20. The first-order valence-electron chi connectivity index (χ1n) is 5.10. The van der Waals surface area contributed by atoms with E-state index in [1.807, 2.05) is 0 Å². The molecule has 2 N–H and O–H groups in total. The molecule has 106 valence electrons. The molecule has 0 aromatic carbocycles. The second-order valence-electron chi connectivity index (χ2n) is 3.25. The van der Waals surface area contributed by atoms with E-state index in [-0.39, 0.29) is 28.0 Å². The summed E-state index contributed by atoms with van der Waals surface area (Å²) in [5.41, 5.74) is 5.16. The van der Waals surface area contributed by atoms with E-state index >= 15 is 0 Å². The van der Waals surface area contributed by atoms with Gasteiger partial charge in [0, 0.05) is 18.3 Å². The maximum atomic E-state index is 12.3. The van der Waals surface area contributed by atoms with Crippen LogP contribution < -0.4 is 10.5 Å². The third-order valence-electron chi connectivity index (χ3n) is 1.99. The predicted molar refractivity (Wildman–Crippen MR) is 67.5 cm³/mol. The van der Waals surface area contributed by atoms with Crippen molar-refractivity contribution in [2.24, 2.45) is 5.73 Å². The molecule has 0 aliphatic rings. The van der Waals surface area contributed by atoms with Crippen molar-refractivity contribution in [3.8, 4) is 5.75 Å². The number of hydrogen-bond acceptors (Lipinski definition) is 5. The van der Waals surface area contributed by atoms with Gasteiger partial charge >= 0.3 is 12.3 Å². The minimum Gasteiger partial charge on any atom is -0.462 e. The molecule has 9 heteroatoms. The topological polar surface area (TPSA) is 74.4 Å². The highest BCUT2D eigenvalue weighted by atomic mass is 127. The molecule has 1 heterocycles. The number of carbonyl (C=O) groups is 1. The SMILES string of the molecule is CCOC(=O)c1c(CN)cnc(I)c1OC(F)(F)F. The van der Waals surface area contributed by atoms with Gasteiger partial charge in [0.1, 0.15) is 9.26 Å². The summed E-state index contributed by atoms with van der Waals surface area (Å²) < 4.78 is 45.5. The second-order valence-corrected chi connectivity index (χ2v) is 4.27. The number of nitrogens with zero attached hydrogens (tertiary/aromatic N) is 1. The predicted octanol–water partition coefficient (Wildman–Crippen LogP) is 2.22. The number of esters is 1. The maximum absolute atomic E-state index is 12.3. The quantitative estimate of drug-likeness (QED) is 0.485. The van der Waals surface area contributed by atoms with E-state index in [0.29, 0.717) is 0 Å². The number of carbonyl (C=O) groups excluding carboxylic acids is 1. The van der Waals surface area contributed by atoms with Crippen molar-refractivity contribution < 1.29 is 27.4 Å². The smallest absolute Gasteiger partial charge is 0.462 e. The molecule has 0 unspecified atom stereocenters. The molecule has 19 heavy (non-hydrogen) atoms. The molecule has 0 fully saturated rings. The fourth-order valence-electron chi connectivity index (χ4n) is 1.30. The van der Waals surface area contributed by atoms with Gasteiger partial charge in [0.15, 0.2) is 5.75 Å². The fraction of sp³-hybridized carbons (Fsp3) is 0.400. The lowest BCUT2D eigenvalue weighted by Gasteiger charge is -2.16. The first-order chi connectivity index (χ1) is 8.80. The molecule has 0 amide bonds. The zero-order valence-electron chi connectivity index (χ0n) is 9.75. The van der Waals surface area contributed by atoms with Crippen molar-refractivity contribution in [2.45, 2.75) is 19.8 Å². The summed E-state index contributed by atoms with van der Waals surface area (Å²) in [7, 11) is 0. The van der Waals surface area contributed by atoms with Crippen LogP contribution in [-0.2, 0) is 11.3 Å². The van der Waals surface area contributed by atoms with E-state index in [1.165, 1.54) is 35.7 Å². The van der Waals surface area contributed by atoms with Crippen LogP contribution in [0.4, 0.5) is 13.2 Å². The molecule has 0 aliphatic carbocycles. The van der Waals surface area contributed by atoms with Crippen LogP contribution >= 0.6 is 22.6 Å². The second kappa shape index (κ2) is 6.37.